The number of aromatic nitrogens is 2. The fourth-order valence-corrected chi connectivity index (χ4v) is 4.65. The molecular formula is C26H23N3O2S2. The molecule has 0 unspecified atom stereocenters. The van der Waals surface area contributed by atoms with Crippen LogP contribution in [-0.2, 0) is 5.75 Å². The number of hydrogen-bond donors (Lipinski definition) is 1. The second-order valence-corrected chi connectivity index (χ2v) is 9.02. The van der Waals surface area contributed by atoms with Crippen LogP contribution in [0.5, 0.6) is 5.75 Å². The van der Waals surface area contributed by atoms with Crippen LogP contribution in [-0.4, -0.2) is 22.5 Å². The van der Waals surface area contributed by atoms with Crippen molar-refractivity contribution in [3.8, 4) is 5.75 Å². The molecule has 0 aliphatic heterocycles. The van der Waals surface area contributed by atoms with E-state index >= 15 is 0 Å². The number of nitrogens with one attached hydrogen (secondary N) is 1. The molecule has 1 aromatic heterocycles. The monoisotopic (exact) mass is 473 g/mol. The first kappa shape index (κ1) is 22.9. The van der Waals surface area contributed by atoms with Crippen LogP contribution in [0.15, 0.2) is 106 Å². The number of carbonyl (C=O) groups is 1. The number of rotatable bonds is 9. The van der Waals surface area contributed by atoms with Crippen molar-refractivity contribution in [1.29, 1.82) is 0 Å². The van der Waals surface area contributed by atoms with Gasteiger partial charge in [-0.15, -0.1) is 0 Å². The van der Waals surface area contributed by atoms with Crippen LogP contribution in [0.1, 0.15) is 23.0 Å². The van der Waals surface area contributed by atoms with Gasteiger partial charge in [0.25, 0.3) is 5.91 Å². The van der Waals surface area contributed by atoms with E-state index in [1.54, 1.807) is 6.20 Å². The second kappa shape index (κ2) is 11.5. The highest BCUT2D eigenvalue weighted by Gasteiger charge is 2.17. The quantitative estimate of drug-likeness (QED) is 0.219. The first-order valence-electron chi connectivity index (χ1n) is 10.5. The summed E-state index contributed by atoms with van der Waals surface area (Å²) in [6, 6.07) is 27.3. The molecule has 0 aliphatic rings. The topological polar surface area (TPSA) is 64.1 Å². The van der Waals surface area contributed by atoms with Crippen LogP contribution >= 0.6 is 23.5 Å². The summed E-state index contributed by atoms with van der Waals surface area (Å²) in [5.74, 6) is 1.21. The predicted molar refractivity (Wildman–Crippen MR) is 134 cm³/mol. The minimum atomic E-state index is -0.276. The summed E-state index contributed by atoms with van der Waals surface area (Å²) in [6.07, 6.45) is 1.73. The van der Waals surface area contributed by atoms with E-state index < -0.39 is 0 Å². The Labute approximate surface area is 202 Å². The molecule has 0 radical (unpaired) electrons. The molecule has 4 aromatic rings. The van der Waals surface area contributed by atoms with E-state index in [-0.39, 0.29) is 5.91 Å². The standard InChI is InChI=1S/C26H23N3O2S2/c1-2-31-21-15-13-20(14-16-21)28-25(30)24-23(33-22-11-7-4-8-12-22)17-27-26(29-24)32-18-19-9-5-3-6-10-19/h3-17H,2,18H2,1H3,(H,28,30). The van der Waals surface area contributed by atoms with E-state index in [9.17, 15) is 4.79 Å². The van der Waals surface area contributed by atoms with E-state index in [0.717, 1.165) is 16.4 Å². The van der Waals surface area contributed by atoms with Crippen molar-refractivity contribution in [1.82, 2.24) is 9.97 Å². The maximum atomic E-state index is 13.2. The van der Waals surface area contributed by atoms with Crippen LogP contribution in [0.4, 0.5) is 5.69 Å². The third-order valence-electron chi connectivity index (χ3n) is 4.55. The molecule has 0 atom stereocenters. The van der Waals surface area contributed by atoms with Crippen molar-refractivity contribution in [3.05, 3.63) is 102 Å². The Morgan fingerprint density at radius 2 is 1.64 bits per heavy atom. The Bertz CT molecular complexity index is 1190. The van der Waals surface area contributed by atoms with Gasteiger partial charge in [0.2, 0.25) is 0 Å². The van der Waals surface area contributed by atoms with Gasteiger partial charge in [0.1, 0.15) is 11.4 Å². The fourth-order valence-electron chi connectivity index (χ4n) is 2.99. The SMILES string of the molecule is CCOc1ccc(NC(=O)c2nc(SCc3ccccc3)ncc2Sc2ccccc2)cc1. The van der Waals surface area contributed by atoms with Crippen LogP contribution in [0.25, 0.3) is 0 Å². The first-order valence-corrected chi connectivity index (χ1v) is 12.3. The molecule has 4 rings (SSSR count). The number of anilines is 1. The van der Waals surface area contributed by atoms with E-state index in [0.29, 0.717) is 28.0 Å². The van der Waals surface area contributed by atoms with E-state index in [1.807, 2.05) is 79.7 Å². The lowest BCUT2D eigenvalue weighted by atomic mass is 10.2. The number of ether oxygens (including phenoxy) is 1. The Morgan fingerprint density at radius 3 is 2.33 bits per heavy atom. The Balaban J connectivity index is 1.56. The van der Waals surface area contributed by atoms with Gasteiger partial charge < -0.3 is 10.1 Å². The number of nitrogens with zero attached hydrogens (tertiary/aromatic N) is 2. The lowest BCUT2D eigenvalue weighted by Gasteiger charge is -2.11. The summed E-state index contributed by atoms with van der Waals surface area (Å²) < 4.78 is 5.48. The van der Waals surface area contributed by atoms with Gasteiger partial charge in [-0.25, -0.2) is 9.97 Å². The Hall–Kier alpha value is -3.29. The van der Waals surface area contributed by atoms with Gasteiger partial charge in [0.15, 0.2) is 5.16 Å². The van der Waals surface area contributed by atoms with Crippen molar-refractivity contribution in [3.63, 3.8) is 0 Å². The molecule has 0 aliphatic carbocycles. The van der Waals surface area contributed by atoms with E-state index in [1.165, 1.54) is 29.1 Å². The molecule has 0 saturated carbocycles. The fraction of sp³-hybridized carbons (Fsp3) is 0.115. The highest BCUT2D eigenvalue weighted by molar-refractivity contribution is 7.99. The van der Waals surface area contributed by atoms with Crippen LogP contribution in [0.3, 0.4) is 0 Å². The van der Waals surface area contributed by atoms with Crippen molar-refractivity contribution in [2.45, 2.75) is 27.6 Å². The van der Waals surface area contributed by atoms with Crippen molar-refractivity contribution < 1.29 is 9.53 Å². The number of benzene rings is 3. The number of carbonyl (C=O) groups excluding carboxylic acids is 1. The summed E-state index contributed by atoms with van der Waals surface area (Å²) in [7, 11) is 0. The number of thioether (sulfide) groups is 1. The summed E-state index contributed by atoms with van der Waals surface area (Å²) in [4.78, 5) is 24.1. The zero-order valence-corrected chi connectivity index (χ0v) is 19.7. The van der Waals surface area contributed by atoms with Gasteiger partial charge in [-0.3, -0.25) is 4.79 Å². The largest absolute Gasteiger partial charge is 0.494 e. The molecule has 3 aromatic carbocycles. The number of hydrogen-bond acceptors (Lipinski definition) is 6. The lowest BCUT2D eigenvalue weighted by Crippen LogP contribution is -2.16. The van der Waals surface area contributed by atoms with Crippen molar-refractivity contribution >= 4 is 35.1 Å². The van der Waals surface area contributed by atoms with Crippen LogP contribution in [0, 0.1) is 0 Å². The molecule has 0 fully saturated rings. The summed E-state index contributed by atoms with van der Waals surface area (Å²) in [6.45, 7) is 2.53. The first-order chi connectivity index (χ1) is 16.2. The van der Waals surface area contributed by atoms with Gasteiger partial charge in [-0.2, -0.15) is 0 Å². The second-order valence-electron chi connectivity index (χ2n) is 6.97. The summed E-state index contributed by atoms with van der Waals surface area (Å²) in [5, 5.41) is 3.51. The molecule has 0 spiro atoms. The smallest absolute Gasteiger partial charge is 0.275 e. The molecule has 33 heavy (non-hydrogen) atoms. The van der Waals surface area contributed by atoms with Crippen molar-refractivity contribution in [2.24, 2.45) is 0 Å². The maximum Gasteiger partial charge on any atom is 0.275 e. The molecule has 166 valence electrons. The van der Waals surface area contributed by atoms with E-state index in [4.69, 9.17) is 4.74 Å². The van der Waals surface area contributed by atoms with Crippen LogP contribution in [0.2, 0.25) is 0 Å². The molecule has 1 heterocycles. The highest BCUT2D eigenvalue weighted by atomic mass is 32.2. The summed E-state index contributed by atoms with van der Waals surface area (Å²) >= 11 is 2.98. The zero-order valence-electron chi connectivity index (χ0n) is 18.1. The van der Waals surface area contributed by atoms with Gasteiger partial charge >= 0.3 is 0 Å². The normalized spacial score (nSPS) is 10.6. The van der Waals surface area contributed by atoms with Gasteiger partial charge in [-0.1, -0.05) is 72.1 Å². The Morgan fingerprint density at radius 1 is 0.939 bits per heavy atom. The average Bonchev–Trinajstić information content (AvgIpc) is 2.86. The van der Waals surface area contributed by atoms with Gasteiger partial charge in [0.05, 0.1) is 11.5 Å². The highest BCUT2D eigenvalue weighted by Crippen LogP contribution is 2.31. The van der Waals surface area contributed by atoms with Gasteiger partial charge in [0, 0.05) is 22.5 Å². The Kier molecular flexibility index (Phi) is 8.00. The molecule has 5 nitrogen and oxygen atoms in total. The van der Waals surface area contributed by atoms with Crippen LogP contribution < -0.4 is 10.1 Å². The third kappa shape index (κ3) is 6.60. The van der Waals surface area contributed by atoms with Gasteiger partial charge in [-0.05, 0) is 48.9 Å². The summed E-state index contributed by atoms with van der Waals surface area (Å²) in [5.41, 5.74) is 2.20. The minimum absolute atomic E-state index is 0.276. The van der Waals surface area contributed by atoms with Crippen molar-refractivity contribution in [2.75, 3.05) is 11.9 Å². The molecule has 0 saturated heterocycles. The molecular weight excluding hydrogens is 450 g/mol. The maximum absolute atomic E-state index is 13.2. The minimum Gasteiger partial charge on any atom is -0.494 e. The third-order valence-corrected chi connectivity index (χ3v) is 6.51. The molecule has 7 heteroatoms. The lowest BCUT2D eigenvalue weighted by molar-refractivity contribution is 0.101. The zero-order chi connectivity index (χ0) is 22.9. The van der Waals surface area contributed by atoms with E-state index in [2.05, 4.69) is 27.4 Å². The molecule has 1 amide bonds. The predicted octanol–water partition coefficient (Wildman–Crippen LogP) is 6.57. The number of amides is 1. The molecule has 0 bridgehead atoms. The average molecular weight is 474 g/mol. The molecule has 1 N–H and O–H groups in total.